The fraction of sp³-hybridized carbons (Fsp3) is 1.00. The predicted molar refractivity (Wildman–Crippen MR) is 38.5 cm³/mol. The van der Waals surface area contributed by atoms with Crippen LogP contribution in [0.3, 0.4) is 0 Å². The van der Waals surface area contributed by atoms with Gasteiger partial charge < -0.3 is 9.84 Å². The van der Waals surface area contributed by atoms with E-state index >= 15 is 0 Å². The molecule has 0 aromatic carbocycles. The van der Waals surface area contributed by atoms with Crippen LogP contribution in [0, 0.1) is 0 Å². The molecule has 3 heteroatoms. The van der Waals surface area contributed by atoms with Crippen molar-refractivity contribution in [2.45, 2.75) is 24.4 Å². The van der Waals surface area contributed by atoms with Crippen molar-refractivity contribution in [2.24, 2.45) is 0 Å². The van der Waals surface area contributed by atoms with Crippen LogP contribution in [0.5, 0.6) is 0 Å². The van der Waals surface area contributed by atoms with Crippen molar-refractivity contribution >= 4 is 11.8 Å². The van der Waals surface area contributed by atoms with Gasteiger partial charge in [-0.25, -0.2) is 0 Å². The highest BCUT2D eigenvalue weighted by atomic mass is 32.2. The van der Waals surface area contributed by atoms with E-state index in [9.17, 15) is 0 Å². The first-order chi connectivity index (χ1) is 4.33. The molecule has 1 fully saturated rings. The van der Waals surface area contributed by atoms with Crippen molar-refractivity contribution in [3.05, 3.63) is 0 Å². The lowest BCUT2D eigenvalue weighted by Crippen LogP contribution is -2.23. The molecule has 0 spiro atoms. The highest BCUT2D eigenvalue weighted by Crippen LogP contribution is 2.24. The van der Waals surface area contributed by atoms with Crippen molar-refractivity contribution in [2.75, 3.05) is 12.9 Å². The summed E-state index contributed by atoms with van der Waals surface area (Å²) in [5, 5.41) is 9.09. The molecular formula is C6H12O2S. The molecule has 1 rings (SSSR count). The number of thioether (sulfide) groups is 1. The van der Waals surface area contributed by atoms with Gasteiger partial charge in [0.05, 0.1) is 6.10 Å². The Bertz CT molecular complexity index is 87.1. The third-order valence-corrected chi connectivity index (χ3v) is 2.60. The van der Waals surface area contributed by atoms with Gasteiger partial charge in [0.2, 0.25) is 0 Å². The summed E-state index contributed by atoms with van der Waals surface area (Å²) in [5.41, 5.74) is -0.191. The van der Waals surface area contributed by atoms with Gasteiger partial charge >= 0.3 is 0 Å². The van der Waals surface area contributed by atoms with Gasteiger partial charge in [0, 0.05) is 13.5 Å². The fourth-order valence-electron chi connectivity index (χ4n) is 0.960. The molecule has 1 aliphatic heterocycles. The summed E-state index contributed by atoms with van der Waals surface area (Å²) in [6.07, 6.45) is 2.17. The highest BCUT2D eigenvalue weighted by molar-refractivity contribution is 7.99. The molecule has 9 heavy (non-hydrogen) atoms. The minimum atomic E-state index is -0.191. The van der Waals surface area contributed by atoms with E-state index in [0.29, 0.717) is 6.10 Å². The summed E-state index contributed by atoms with van der Waals surface area (Å²) < 4.78 is 5.09. The Hall–Kier alpha value is 0.270. The van der Waals surface area contributed by atoms with Crippen LogP contribution < -0.4 is 0 Å². The van der Waals surface area contributed by atoms with E-state index in [-0.39, 0.29) is 5.44 Å². The summed E-state index contributed by atoms with van der Waals surface area (Å²) >= 11 is 1.61. The molecule has 2 unspecified atom stereocenters. The largest absolute Gasteiger partial charge is 0.382 e. The lowest BCUT2D eigenvalue weighted by Gasteiger charge is -2.23. The minimum absolute atomic E-state index is 0.191. The standard InChI is InChI=1S/C6H12O2S/c1-8-5-2-3-9-6(7)4-5/h5-7H,2-4H2,1H3. The van der Waals surface area contributed by atoms with E-state index in [0.717, 1.165) is 18.6 Å². The molecule has 2 atom stereocenters. The van der Waals surface area contributed by atoms with Gasteiger partial charge in [-0.3, -0.25) is 0 Å². The zero-order valence-electron chi connectivity index (χ0n) is 5.54. The Labute approximate surface area is 59.6 Å². The average molecular weight is 148 g/mol. The second-order valence-corrected chi connectivity index (χ2v) is 3.49. The molecule has 1 N–H and O–H groups in total. The van der Waals surface area contributed by atoms with Crippen molar-refractivity contribution in [3.8, 4) is 0 Å². The van der Waals surface area contributed by atoms with Crippen LogP contribution in [0.15, 0.2) is 0 Å². The summed E-state index contributed by atoms with van der Waals surface area (Å²) in [7, 11) is 1.70. The SMILES string of the molecule is COC1CCSC(O)C1. The Morgan fingerprint density at radius 1 is 1.67 bits per heavy atom. The Kier molecular flexibility index (Phi) is 2.82. The molecule has 0 saturated carbocycles. The van der Waals surface area contributed by atoms with Gasteiger partial charge in [-0.1, -0.05) is 0 Å². The van der Waals surface area contributed by atoms with Crippen molar-refractivity contribution < 1.29 is 9.84 Å². The number of hydrogen-bond donors (Lipinski definition) is 1. The van der Waals surface area contributed by atoms with Crippen LogP contribution in [0.25, 0.3) is 0 Å². The van der Waals surface area contributed by atoms with Gasteiger partial charge in [0.1, 0.15) is 5.44 Å². The zero-order chi connectivity index (χ0) is 6.69. The summed E-state index contributed by atoms with van der Waals surface area (Å²) in [6, 6.07) is 0. The topological polar surface area (TPSA) is 29.5 Å². The van der Waals surface area contributed by atoms with E-state index in [1.165, 1.54) is 0 Å². The van der Waals surface area contributed by atoms with Crippen molar-refractivity contribution in [1.29, 1.82) is 0 Å². The second-order valence-electron chi connectivity index (χ2n) is 2.21. The fourth-order valence-corrected chi connectivity index (χ4v) is 1.98. The molecule has 1 aliphatic rings. The van der Waals surface area contributed by atoms with Crippen LogP contribution in [0.2, 0.25) is 0 Å². The molecule has 0 amide bonds. The van der Waals surface area contributed by atoms with Crippen LogP contribution in [0.4, 0.5) is 0 Å². The molecular weight excluding hydrogens is 136 g/mol. The van der Waals surface area contributed by atoms with E-state index in [1.807, 2.05) is 0 Å². The molecule has 2 nitrogen and oxygen atoms in total. The molecule has 1 heterocycles. The smallest absolute Gasteiger partial charge is 0.102 e. The van der Waals surface area contributed by atoms with Crippen LogP contribution in [-0.4, -0.2) is 29.5 Å². The van der Waals surface area contributed by atoms with Crippen molar-refractivity contribution in [3.63, 3.8) is 0 Å². The molecule has 1 saturated heterocycles. The number of aliphatic hydroxyl groups is 1. The van der Waals surface area contributed by atoms with Gasteiger partial charge in [-0.15, -0.1) is 11.8 Å². The van der Waals surface area contributed by atoms with E-state index in [2.05, 4.69) is 0 Å². The highest BCUT2D eigenvalue weighted by Gasteiger charge is 2.19. The second kappa shape index (κ2) is 3.44. The van der Waals surface area contributed by atoms with Crippen molar-refractivity contribution in [1.82, 2.24) is 0 Å². The summed E-state index contributed by atoms with van der Waals surface area (Å²) in [5.74, 6) is 1.03. The van der Waals surface area contributed by atoms with E-state index < -0.39 is 0 Å². The first kappa shape index (κ1) is 7.38. The Balaban J connectivity index is 2.23. The maximum absolute atomic E-state index is 9.09. The Morgan fingerprint density at radius 3 is 2.89 bits per heavy atom. The van der Waals surface area contributed by atoms with Gasteiger partial charge in [0.25, 0.3) is 0 Å². The van der Waals surface area contributed by atoms with E-state index in [1.54, 1.807) is 18.9 Å². The summed E-state index contributed by atoms with van der Waals surface area (Å²) in [6.45, 7) is 0. The van der Waals surface area contributed by atoms with Gasteiger partial charge in [-0.2, -0.15) is 0 Å². The first-order valence-corrected chi connectivity index (χ1v) is 4.20. The molecule has 0 bridgehead atoms. The molecule has 0 aliphatic carbocycles. The predicted octanol–water partition coefficient (Wildman–Crippen LogP) is 0.847. The zero-order valence-corrected chi connectivity index (χ0v) is 6.36. The molecule has 0 radical (unpaired) electrons. The maximum atomic E-state index is 9.09. The number of ether oxygens (including phenoxy) is 1. The van der Waals surface area contributed by atoms with Gasteiger partial charge in [-0.05, 0) is 12.2 Å². The molecule has 54 valence electrons. The third kappa shape index (κ3) is 2.16. The number of methoxy groups -OCH3 is 1. The summed E-state index contributed by atoms with van der Waals surface area (Å²) in [4.78, 5) is 0. The van der Waals surface area contributed by atoms with Gasteiger partial charge in [0.15, 0.2) is 0 Å². The van der Waals surface area contributed by atoms with E-state index in [4.69, 9.17) is 9.84 Å². The number of aliphatic hydroxyl groups excluding tert-OH is 1. The first-order valence-electron chi connectivity index (χ1n) is 3.15. The van der Waals surface area contributed by atoms with Crippen LogP contribution in [0.1, 0.15) is 12.8 Å². The lowest BCUT2D eigenvalue weighted by molar-refractivity contribution is 0.0633. The average Bonchev–Trinajstić information content (AvgIpc) is 1.88. The monoisotopic (exact) mass is 148 g/mol. The minimum Gasteiger partial charge on any atom is -0.382 e. The van der Waals surface area contributed by atoms with Crippen LogP contribution >= 0.6 is 11.8 Å². The molecule has 0 aromatic heterocycles. The molecule has 0 aromatic rings. The number of rotatable bonds is 1. The maximum Gasteiger partial charge on any atom is 0.102 e. The lowest BCUT2D eigenvalue weighted by atomic mass is 10.2. The normalized spacial score (nSPS) is 36.7. The Morgan fingerprint density at radius 2 is 2.44 bits per heavy atom. The van der Waals surface area contributed by atoms with Crippen LogP contribution in [-0.2, 0) is 4.74 Å². The quantitative estimate of drug-likeness (QED) is 0.597. The third-order valence-electron chi connectivity index (χ3n) is 1.55. The number of hydrogen-bond acceptors (Lipinski definition) is 3.